The number of anilines is 1. The number of rotatable bonds is 3. The third-order valence-electron chi connectivity index (χ3n) is 3.40. The smallest absolute Gasteiger partial charge is 0.243 e. The van der Waals surface area contributed by atoms with Gasteiger partial charge in [0.1, 0.15) is 5.82 Å². The van der Waals surface area contributed by atoms with E-state index < -0.39 is 0 Å². The molecule has 0 spiro atoms. The summed E-state index contributed by atoms with van der Waals surface area (Å²) in [5.74, 6) is 0.358. The summed E-state index contributed by atoms with van der Waals surface area (Å²) in [5.41, 5.74) is 9.15. The number of benzene rings is 1. The molecule has 110 valence electrons. The van der Waals surface area contributed by atoms with Gasteiger partial charge < -0.3 is 11.1 Å². The van der Waals surface area contributed by atoms with Crippen molar-refractivity contribution in [1.82, 2.24) is 10.3 Å². The molecule has 2 aromatic heterocycles. The number of pyridine rings is 1. The Bertz CT molecular complexity index is 853. The number of fused-ring (bicyclic) bond motifs is 1. The Balaban J connectivity index is 2.16. The summed E-state index contributed by atoms with van der Waals surface area (Å²) in [4.78, 5) is 15.6. The molecule has 0 atom stereocenters. The fraction of sp³-hybridized carbons (Fsp3) is 0.0588. The minimum absolute atomic E-state index is 0.148. The van der Waals surface area contributed by atoms with E-state index in [4.69, 9.17) is 5.73 Å². The van der Waals surface area contributed by atoms with Crippen molar-refractivity contribution in [1.29, 1.82) is 0 Å². The van der Waals surface area contributed by atoms with Gasteiger partial charge in [-0.3, -0.25) is 4.79 Å². The Morgan fingerprint density at radius 3 is 2.82 bits per heavy atom. The van der Waals surface area contributed by atoms with Crippen LogP contribution in [0.2, 0.25) is 0 Å². The second-order valence-corrected chi connectivity index (χ2v) is 5.65. The molecule has 3 N–H and O–H groups in total. The van der Waals surface area contributed by atoms with E-state index in [-0.39, 0.29) is 5.91 Å². The third kappa shape index (κ3) is 2.58. The molecule has 3 rings (SSSR count). The van der Waals surface area contributed by atoms with Crippen LogP contribution < -0.4 is 11.1 Å². The maximum atomic E-state index is 11.4. The van der Waals surface area contributed by atoms with Gasteiger partial charge in [-0.05, 0) is 17.0 Å². The zero-order chi connectivity index (χ0) is 15.5. The van der Waals surface area contributed by atoms with Crippen LogP contribution in [0.3, 0.4) is 0 Å². The van der Waals surface area contributed by atoms with E-state index in [2.05, 4.69) is 15.7 Å². The molecular weight excluding hydrogens is 294 g/mol. The molecule has 0 aliphatic rings. The normalized spacial score (nSPS) is 11.1. The fourth-order valence-corrected chi connectivity index (χ4v) is 3.36. The Morgan fingerprint density at radius 1 is 1.32 bits per heavy atom. The lowest BCUT2D eigenvalue weighted by molar-refractivity contribution is -0.115. The highest BCUT2D eigenvalue weighted by Crippen LogP contribution is 2.38. The van der Waals surface area contributed by atoms with Gasteiger partial charge in [-0.25, -0.2) is 4.98 Å². The van der Waals surface area contributed by atoms with Crippen molar-refractivity contribution in [3.63, 3.8) is 0 Å². The predicted molar refractivity (Wildman–Crippen MR) is 92.6 cm³/mol. The van der Waals surface area contributed by atoms with Crippen LogP contribution in [-0.2, 0) is 4.79 Å². The van der Waals surface area contributed by atoms with E-state index >= 15 is 0 Å². The van der Waals surface area contributed by atoms with Crippen molar-refractivity contribution in [2.75, 3.05) is 12.8 Å². The fourth-order valence-electron chi connectivity index (χ4n) is 2.28. The zero-order valence-electron chi connectivity index (χ0n) is 12.0. The van der Waals surface area contributed by atoms with E-state index in [1.165, 1.54) is 6.08 Å². The quantitative estimate of drug-likeness (QED) is 0.729. The number of thiophene rings is 1. The van der Waals surface area contributed by atoms with Crippen LogP contribution in [0.5, 0.6) is 0 Å². The molecule has 0 saturated heterocycles. The van der Waals surface area contributed by atoms with Gasteiger partial charge in [-0.15, -0.1) is 11.3 Å². The number of likely N-dealkylation sites (N-methyl/N-ethyl adjacent to an activating group) is 1. The number of nitrogens with zero attached hydrogens (tertiary/aromatic N) is 1. The van der Waals surface area contributed by atoms with Gasteiger partial charge in [-0.1, -0.05) is 30.3 Å². The molecule has 5 heteroatoms. The molecule has 0 saturated carbocycles. The summed E-state index contributed by atoms with van der Waals surface area (Å²) < 4.78 is 1.03. The highest BCUT2D eigenvalue weighted by Gasteiger charge is 2.12. The zero-order valence-corrected chi connectivity index (χ0v) is 12.9. The molecule has 0 unspecified atom stereocenters. The lowest BCUT2D eigenvalue weighted by atomic mass is 10.0. The van der Waals surface area contributed by atoms with Crippen molar-refractivity contribution in [2.45, 2.75) is 0 Å². The molecule has 1 amide bonds. The van der Waals surface area contributed by atoms with Gasteiger partial charge in [0, 0.05) is 40.5 Å². The molecule has 22 heavy (non-hydrogen) atoms. The minimum atomic E-state index is -0.148. The first-order valence-electron chi connectivity index (χ1n) is 6.81. The number of carbonyl (C=O) groups excluding carboxylic acids is 1. The monoisotopic (exact) mass is 309 g/mol. The molecule has 0 radical (unpaired) electrons. The van der Waals surface area contributed by atoms with Crippen LogP contribution >= 0.6 is 11.3 Å². The SMILES string of the molecule is CNC(=O)C=Cc1cnc(N)c2c(-c3ccccc3)csc12. The molecule has 3 aromatic rings. The van der Waals surface area contributed by atoms with Crippen molar-refractivity contribution in [2.24, 2.45) is 0 Å². The first kappa shape index (κ1) is 14.3. The van der Waals surface area contributed by atoms with Gasteiger partial charge in [-0.2, -0.15) is 0 Å². The number of nitrogens with one attached hydrogen (secondary N) is 1. The van der Waals surface area contributed by atoms with Gasteiger partial charge in [0.05, 0.1) is 0 Å². The topological polar surface area (TPSA) is 68.0 Å². The van der Waals surface area contributed by atoms with Crippen LogP contribution in [0.1, 0.15) is 5.56 Å². The number of carbonyl (C=O) groups is 1. The lowest BCUT2D eigenvalue weighted by Crippen LogP contribution is -2.13. The number of aromatic nitrogens is 1. The van der Waals surface area contributed by atoms with Gasteiger partial charge in [0.15, 0.2) is 0 Å². The van der Waals surface area contributed by atoms with Crippen LogP contribution in [0, 0.1) is 0 Å². The minimum Gasteiger partial charge on any atom is -0.383 e. The van der Waals surface area contributed by atoms with E-state index in [0.717, 1.165) is 26.8 Å². The lowest BCUT2D eigenvalue weighted by Gasteiger charge is -2.04. The Morgan fingerprint density at radius 2 is 2.09 bits per heavy atom. The number of hydrogen-bond donors (Lipinski definition) is 2. The third-order valence-corrected chi connectivity index (χ3v) is 4.43. The summed E-state index contributed by atoms with van der Waals surface area (Å²) in [5, 5.41) is 5.58. The summed E-state index contributed by atoms with van der Waals surface area (Å²) >= 11 is 1.61. The van der Waals surface area contributed by atoms with E-state index in [9.17, 15) is 4.79 Å². The van der Waals surface area contributed by atoms with Gasteiger partial charge in [0.25, 0.3) is 0 Å². The highest BCUT2D eigenvalue weighted by atomic mass is 32.1. The first-order valence-corrected chi connectivity index (χ1v) is 7.69. The first-order chi connectivity index (χ1) is 10.7. The van der Waals surface area contributed by atoms with Crippen LogP contribution in [0.25, 0.3) is 27.3 Å². The van der Waals surface area contributed by atoms with Crippen molar-refractivity contribution in [3.05, 3.63) is 53.5 Å². The van der Waals surface area contributed by atoms with Crippen LogP contribution in [0.4, 0.5) is 5.82 Å². The summed E-state index contributed by atoms with van der Waals surface area (Å²) in [7, 11) is 1.60. The number of amides is 1. The maximum absolute atomic E-state index is 11.4. The predicted octanol–water partition coefficient (Wildman–Crippen LogP) is 3.30. The van der Waals surface area contributed by atoms with E-state index in [1.54, 1.807) is 30.7 Å². The van der Waals surface area contributed by atoms with Crippen molar-refractivity contribution in [3.8, 4) is 11.1 Å². The van der Waals surface area contributed by atoms with E-state index in [0.29, 0.717) is 5.82 Å². The van der Waals surface area contributed by atoms with Gasteiger partial charge >= 0.3 is 0 Å². The second-order valence-electron chi connectivity index (χ2n) is 4.77. The number of hydrogen-bond acceptors (Lipinski definition) is 4. The largest absolute Gasteiger partial charge is 0.383 e. The summed E-state index contributed by atoms with van der Waals surface area (Å²) in [6, 6.07) is 10.1. The Kier molecular flexibility index (Phi) is 3.89. The van der Waals surface area contributed by atoms with Gasteiger partial charge in [0.2, 0.25) is 5.91 Å². The average Bonchev–Trinajstić information content (AvgIpc) is 3.01. The number of nitrogens with two attached hydrogens (primary N) is 1. The molecule has 1 aromatic carbocycles. The summed E-state index contributed by atoms with van der Waals surface area (Å²) in [6.07, 6.45) is 4.95. The molecule has 0 aliphatic carbocycles. The van der Waals surface area contributed by atoms with Crippen molar-refractivity contribution < 1.29 is 4.79 Å². The Labute approximate surface area is 132 Å². The summed E-state index contributed by atoms with van der Waals surface area (Å²) in [6.45, 7) is 0. The highest BCUT2D eigenvalue weighted by molar-refractivity contribution is 7.18. The standard InChI is InChI=1S/C17H15N3OS/c1-19-14(21)8-7-12-9-20-17(18)15-13(10-22-16(12)15)11-5-3-2-4-6-11/h2-10H,1H3,(H2,18,20)(H,19,21). The molecular formula is C17H15N3OS. The van der Waals surface area contributed by atoms with Crippen molar-refractivity contribution >= 4 is 39.2 Å². The Hall–Kier alpha value is -2.66. The van der Waals surface area contributed by atoms with E-state index in [1.807, 2.05) is 30.3 Å². The molecule has 4 nitrogen and oxygen atoms in total. The molecule has 0 bridgehead atoms. The van der Waals surface area contributed by atoms with Crippen LogP contribution in [0.15, 0.2) is 48.0 Å². The second kappa shape index (κ2) is 5.99. The maximum Gasteiger partial charge on any atom is 0.243 e. The molecule has 0 fully saturated rings. The molecule has 0 aliphatic heterocycles. The molecule has 2 heterocycles. The average molecular weight is 309 g/mol. The van der Waals surface area contributed by atoms with Crippen LogP contribution in [-0.4, -0.2) is 17.9 Å². The number of nitrogen functional groups attached to an aromatic ring is 1.